The molecule has 0 spiro atoms. The molecule has 0 aromatic carbocycles. The first-order valence-corrected chi connectivity index (χ1v) is 9.26. The lowest BCUT2D eigenvalue weighted by molar-refractivity contribution is -0.196. The summed E-state index contributed by atoms with van der Waals surface area (Å²) in [7, 11) is 0. The fraction of sp³-hybridized carbons (Fsp3) is 0.941. The molecule has 5 atom stereocenters. The second kappa shape index (κ2) is 13.4. The lowest BCUT2D eigenvalue weighted by Crippen LogP contribution is -2.63. The van der Waals surface area contributed by atoms with E-state index in [0.29, 0.717) is 39.4 Å². The summed E-state index contributed by atoms with van der Waals surface area (Å²) in [6.45, 7) is 3.71. The van der Waals surface area contributed by atoms with E-state index in [-0.39, 0.29) is 12.5 Å². The second-order valence-electron chi connectivity index (χ2n) is 6.47. The standard InChI is InChI=1S/C17H34N2O7/c1-12(21)19-15-13(26-14(11-20)16(22)17(15)23)5-3-2-4-7-24-9-10-25-8-6-18/h13-17,20,22-23H,2-11,18H2,1H3,(H,19,21)/t13-,14+,15-,16-,17+/m0/s1. The molecule has 0 aromatic heterocycles. The normalized spacial score (nSPS) is 28.9. The van der Waals surface area contributed by atoms with Crippen molar-refractivity contribution in [3.63, 3.8) is 0 Å². The van der Waals surface area contributed by atoms with Crippen molar-refractivity contribution in [2.24, 2.45) is 5.73 Å². The zero-order valence-electron chi connectivity index (χ0n) is 15.5. The average Bonchev–Trinajstić information content (AvgIpc) is 2.62. The molecule has 1 heterocycles. The monoisotopic (exact) mass is 378 g/mol. The van der Waals surface area contributed by atoms with Crippen LogP contribution in [0.5, 0.6) is 0 Å². The maximum atomic E-state index is 11.4. The van der Waals surface area contributed by atoms with E-state index in [1.807, 2.05) is 0 Å². The molecule has 1 aliphatic rings. The smallest absolute Gasteiger partial charge is 0.217 e. The molecular formula is C17H34N2O7. The third-order valence-corrected chi connectivity index (χ3v) is 4.31. The van der Waals surface area contributed by atoms with E-state index in [1.54, 1.807) is 0 Å². The highest BCUT2D eigenvalue weighted by molar-refractivity contribution is 5.73. The number of aliphatic hydroxyl groups is 3. The van der Waals surface area contributed by atoms with Gasteiger partial charge in [0.25, 0.3) is 0 Å². The molecule has 0 saturated carbocycles. The number of carbonyl (C=O) groups excluding carboxylic acids is 1. The molecule has 9 nitrogen and oxygen atoms in total. The van der Waals surface area contributed by atoms with Crippen LogP contribution in [0.15, 0.2) is 0 Å². The van der Waals surface area contributed by atoms with Crippen LogP contribution < -0.4 is 11.1 Å². The molecule has 0 bridgehead atoms. The van der Waals surface area contributed by atoms with Gasteiger partial charge in [-0.3, -0.25) is 4.79 Å². The SMILES string of the molecule is CC(=O)N[C@@H]1[C@@H](O)[C@@H](O)[C@@H](CO)O[C@H]1CCCCCOCCOCCN. The highest BCUT2D eigenvalue weighted by Gasteiger charge is 2.44. The molecule has 0 aliphatic carbocycles. The summed E-state index contributed by atoms with van der Waals surface area (Å²) in [6, 6.07) is -0.693. The number of hydrogen-bond donors (Lipinski definition) is 5. The van der Waals surface area contributed by atoms with E-state index in [1.165, 1.54) is 6.92 Å². The van der Waals surface area contributed by atoms with E-state index < -0.39 is 30.5 Å². The number of aliphatic hydroxyl groups excluding tert-OH is 3. The van der Waals surface area contributed by atoms with Gasteiger partial charge in [-0.15, -0.1) is 0 Å². The predicted molar refractivity (Wildman–Crippen MR) is 94.5 cm³/mol. The van der Waals surface area contributed by atoms with Crippen LogP contribution in [-0.2, 0) is 19.0 Å². The number of rotatable bonds is 13. The van der Waals surface area contributed by atoms with Crippen LogP contribution in [0.4, 0.5) is 0 Å². The number of nitrogens with one attached hydrogen (secondary N) is 1. The third-order valence-electron chi connectivity index (χ3n) is 4.31. The summed E-state index contributed by atoms with van der Waals surface area (Å²) < 4.78 is 16.3. The molecule has 1 rings (SSSR count). The van der Waals surface area contributed by atoms with Crippen LogP contribution in [-0.4, -0.2) is 91.3 Å². The summed E-state index contributed by atoms with van der Waals surface area (Å²) >= 11 is 0. The van der Waals surface area contributed by atoms with E-state index in [0.717, 1.165) is 19.3 Å². The minimum absolute atomic E-state index is 0.303. The minimum atomic E-state index is -1.23. The molecule has 0 unspecified atom stereocenters. The quantitative estimate of drug-likeness (QED) is 0.244. The van der Waals surface area contributed by atoms with Crippen molar-refractivity contribution in [2.45, 2.75) is 63.1 Å². The molecule has 1 fully saturated rings. The molecule has 26 heavy (non-hydrogen) atoms. The van der Waals surface area contributed by atoms with Gasteiger partial charge in [-0.05, 0) is 12.8 Å². The largest absolute Gasteiger partial charge is 0.394 e. The van der Waals surface area contributed by atoms with Crippen LogP contribution in [0.2, 0.25) is 0 Å². The zero-order valence-corrected chi connectivity index (χ0v) is 15.5. The van der Waals surface area contributed by atoms with Crippen LogP contribution in [0, 0.1) is 0 Å². The average molecular weight is 378 g/mol. The lowest BCUT2D eigenvalue weighted by Gasteiger charge is -2.42. The fourth-order valence-corrected chi connectivity index (χ4v) is 2.99. The Kier molecular flexibility index (Phi) is 11.9. The lowest BCUT2D eigenvalue weighted by atomic mass is 9.90. The van der Waals surface area contributed by atoms with Crippen molar-refractivity contribution < 1.29 is 34.3 Å². The number of hydrogen-bond acceptors (Lipinski definition) is 8. The van der Waals surface area contributed by atoms with Gasteiger partial charge in [-0.1, -0.05) is 12.8 Å². The van der Waals surface area contributed by atoms with E-state index in [2.05, 4.69) is 5.32 Å². The molecule has 6 N–H and O–H groups in total. The van der Waals surface area contributed by atoms with Gasteiger partial charge in [0.05, 0.1) is 38.6 Å². The first-order valence-electron chi connectivity index (χ1n) is 9.26. The number of carbonyl (C=O) groups is 1. The summed E-state index contributed by atoms with van der Waals surface area (Å²) in [4.78, 5) is 11.4. The molecule has 0 aromatic rings. The van der Waals surface area contributed by atoms with E-state index >= 15 is 0 Å². The van der Waals surface area contributed by atoms with Crippen LogP contribution >= 0.6 is 0 Å². The summed E-state index contributed by atoms with van der Waals surface area (Å²) in [5, 5.41) is 32.1. The molecule has 1 saturated heterocycles. The van der Waals surface area contributed by atoms with E-state index in [4.69, 9.17) is 19.9 Å². The maximum Gasteiger partial charge on any atom is 0.217 e. The Bertz CT molecular complexity index is 386. The maximum absolute atomic E-state index is 11.4. The van der Waals surface area contributed by atoms with Crippen molar-refractivity contribution in [3.05, 3.63) is 0 Å². The Labute approximate surface area is 154 Å². The topological polar surface area (TPSA) is 144 Å². The van der Waals surface area contributed by atoms with Crippen LogP contribution in [0.3, 0.4) is 0 Å². The summed E-state index contributed by atoms with van der Waals surface area (Å²) in [6.07, 6.45) is -0.520. The molecule has 9 heteroatoms. The van der Waals surface area contributed by atoms with Crippen molar-refractivity contribution >= 4 is 5.91 Å². The summed E-state index contributed by atoms with van der Waals surface area (Å²) in [5.74, 6) is -0.303. The summed E-state index contributed by atoms with van der Waals surface area (Å²) in [5.41, 5.74) is 5.31. The van der Waals surface area contributed by atoms with Gasteiger partial charge < -0.3 is 40.6 Å². The fourth-order valence-electron chi connectivity index (χ4n) is 2.99. The van der Waals surface area contributed by atoms with Crippen molar-refractivity contribution in [2.75, 3.05) is 39.6 Å². The molecule has 1 aliphatic heterocycles. The highest BCUT2D eigenvalue weighted by atomic mass is 16.5. The third kappa shape index (κ3) is 8.26. The first kappa shape index (κ1) is 23.2. The Morgan fingerprint density at radius 2 is 1.73 bits per heavy atom. The highest BCUT2D eigenvalue weighted by Crippen LogP contribution is 2.24. The first-order chi connectivity index (χ1) is 12.5. The van der Waals surface area contributed by atoms with Gasteiger partial charge in [0.1, 0.15) is 18.3 Å². The van der Waals surface area contributed by atoms with Crippen LogP contribution in [0.25, 0.3) is 0 Å². The van der Waals surface area contributed by atoms with Crippen molar-refractivity contribution in [1.29, 1.82) is 0 Å². The predicted octanol–water partition coefficient (Wildman–Crippen LogP) is -1.48. The Hall–Kier alpha value is -0.810. The Balaban J connectivity index is 2.28. The number of amides is 1. The number of nitrogens with two attached hydrogens (primary N) is 1. The Morgan fingerprint density at radius 3 is 2.35 bits per heavy atom. The molecule has 1 amide bonds. The number of unbranched alkanes of at least 4 members (excludes halogenated alkanes) is 2. The molecule has 154 valence electrons. The minimum Gasteiger partial charge on any atom is -0.394 e. The zero-order chi connectivity index (χ0) is 19.4. The van der Waals surface area contributed by atoms with E-state index in [9.17, 15) is 20.1 Å². The Morgan fingerprint density at radius 1 is 1.04 bits per heavy atom. The molecule has 0 radical (unpaired) electrons. The van der Waals surface area contributed by atoms with Gasteiger partial charge in [0.15, 0.2) is 0 Å². The molecular weight excluding hydrogens is 344 g/mol. The van der Waals surface area contributed by atoms with Gasteiger partial charge in [-0.25, -0.2) is 0 Å². The van der Waals surface area contributed by atoms with Gasteiger partial charge >= 0.3 is 0 Å². The number of ether oxygens (including phenoxy) is 3. The van der Waals surface area contributed by atoms with Crippen molar-refractivity contribution in [1.82, 2.24) is 5.32 Å². The van der Waals surface area contributed by atoms with Crippen LogP contribution in [0.1, 0.15) is 32.6 Å². The van der Waals surface area contributed by atoms with Gasteiger partial charge in [-0.2, -0.15) is 0 Å². The van der Waals surface area contributed by atoms with Crippen molar-refractivity contribution in [3.8, 4) is 0 Å². The van der Waals surface area contributed by atoms with Gasteiger partial charge in [0, 0.05) is 20.1 Å². The van der Waals surface area contributed by atoms with Gasteiger partial charge in [0.2, 0.25) is 5.91 Å². The second-order valence-corrected chi connectivity index (χ2v) is 6.47.